The molecule has 0 N–H and O–H groups in total. The van der Waals surface area contributed by atoms with E-state index in [0.717, 1.165) is 12.8 Å². The summed E-state index contributed by atoms with van der Waals surface area (Å²) in [6.45, 7) is 0. The van der Waals surface area contributed by atoms with Gasteiger partial charge >= 0.3 is 0 Å². The molecule has 13 heavy (non-hydrogen) atoms. The van der Waals surface area contributed by atoms with E-state index in [1.165, 1.54) is 14.7 Å². The first kappa shape index (κ1) is 7.97. The summed E-state index contributed by atoms with van der Waals surface area (Å²) in [6, 6.07) is 6.40. The molecule has 0 saturated heterocycles. The van der Waals surface area contributed by atoms with E-state index in [2.05, 4.69) is 40.8 Å². The number of fused-ring (bicyclic) bond motifs is 5. The van der Waals surface area contributed by atoms with Crippen LogP contribution in [0.3, 0.4) is 0 Å². The molecule has 66 valence electrons. The van der Waals surface area contributed by atoms with Gasteiger partial charge in [0, 0.05) is 15.9 Å². The number of rotatable bonds is 0. The maximum Gasteiger partial charge on any atom is 0.141 e. The minimum atomic E-state index is 0.244. The predicted molar refractivity (Wildman–Crippen MR) is 58.9 cm³/mol. The second-order valence-electron chi connectivity index (χ2n) is 3.90. The van der Waals surface area contributed by atoms with E-state index in [0.29, 0.717) is 11.7 Å². The van der Waals surface area contributed by atoms with Gasteiger partial charge in [0.1, 0.15) is 5.78 Å². The van der Waals surface area contributed by atoms with E-state index in [1.807, 2.05) is 0 Å². The number of hydrogen-bond donors (Lipinski definition) is 0. The Morgan fingerprint density at radius 3 is 3.08 bits per heavy atom. The summed E-state index contributed by atoms with van der Waals surface area (Å²) in [6.07, 6.45) is 1.87. The quantitative estimate of drug-likeness (QED) is 0.669. The van der Waals surface area contributed by atoms with E-state index in [9.17, 15) is 4.79 Å². The van der Waals surface area contributed by atoms with Gasteiger partial charge in [-0.25, -0.2) is 0 Å². The van der Waals surface area contributed by atoms with Crippen LogP contribution in [-0.2, 0) is 4.79 Å². The van der Waals surface area contributed by atoms with Crippen LogP contribution in [0.5, 0.6) is 0 Å². The summed E-state index contributed by atoms with van der Waals surface area (Å²) in [5.41, 5.74) is 2.78. The maximum absolute atomic E-state index is 11.5. The van der Waals surface area contributed by atoms with Crippen LogP contribution in [0.4, 0.5) is 0 Å². The first-order chi connectivity index (χ1) is 6.27. The van der Waals surface area contributed by atoms with E-state index in [1.54, 1.807) is 0 Å². The number of benzene rings is 1. The topological polar surface area (TPSA) is 17.1 Å². The molecule has 1 fully saturated rings. The first-order valence-corrected chi connectivity index (χ1v) is 5.66. The molecule has 0 aliphatic heterocycles. The lowest BCUT2D eigenvalue weighted by Gasteiger charge is -2.15. The minimum Gasteiger partial charge on any atom is -0.299 e. The molecule has 3 rings (SSSR count). The highest BCUT2D eigenvalue weighted by Crippen LogP contribution is 2.52. The van der Waals surface area contributed by atoms with Crippen molar-refractivity contribution < 1.29 is 4.79 Å². The van der Waals surface area contributed by atoms with Crippen molar-refractivity contribution in [3.05, 3.63) is 32.9 Å². The lowest BCUT2D eigenvalue weighted by molar-refractivity contribution is -0.118. The summed E-state index contributed by atoms with van der Waals surface area (Å²) in [5.74, 6) is 1.25. The van der Waals surface area contributed by atoms with Crippen LogP contribution >= 0.6 is 22.6 Å². The van der Waals surface area contributed by atoms with Gasteiger partial charge in [-0.1, -0.05) is 12.1 Å². The Kier molecular flexibility index (Phi) is 1.57. The molecule has 1 aromatic rings. The zero-order valence-corrected chi connectivity index (χ0v) is 9.24. The van der Waals surface area contributed by atoms with Crippen molar-refractivity contribution in [1.29, 1.82) is 0 Å². The molecule has 0 aromatic heterocycles. The van der Waals surface area contributed by atoms with E-state index < -0.39 is 0 Å². The molecule has 0 heterocycles. The largest absolute Gasteiger partial charge is 0.299 e. The fraction of sp³-hybridized carbons (Fsp3) is 0.364. The van der Waals surface area contributed by atoms with Crippen molar-refractivity contribution in [2.24, 2.45) is 0 Å². The minimum absolute atomic E-state index is 0.244. The van der Waals surface area contributed by atoms with Crippen LogP contribution in [0.25, 0.3) is 0 Å². The van der Waals surface area contributed by atoms with Crippen molar-refractivity contribution in [3.8, 4) is 0 Å². The number of halogens is 1. The van der Waals surface area contributed by atoms with Crippen molar-refractivity contribution in [3.63, 3.8) is 0 Å². The lowest BCUT2D eigenvalue weighted by atomic mass is 9.91. The number of Topliss-reactive ketones (excluding diaryl/α,β-unsaturated/α-hetero) is 1. The highest BCUT2D eigenvalue weighted by molar-refractivity contribution is 14.1. The van der Waals surface area contributed by atoms with Crippen LogP contribution in [0.1, 0.15) is 35.8 Å². The van der Waals surface area contributed by atoms with Gasteiger partial charge in [0.25, 0.3) is 0 Å². The Morgan fingerprint density at radius 2 is 2.23 bits per heavy atom. The van der Waals surface area contributed by atoms with Crippen LogP contribution in [-0.4, -0.2) is 5.78 Å². The highest BCUT2D eigenvalue weighted by atomic mass is 127. The van der Waals surface area contributed by atoms with Gasteiger partial charge in [0.15, 0.2) is 0 Å². The fourth-order valence-electron chi connectivity index (χ4n) is 2.68. The van der Waals surface area contributed by atoms with Crippen LogP contribution in [0, 0.1) is 3.57 Å². The van der Waals surface area contributed by atoms with Crippen LogP contribution in [0.15, 0.2) is 18.2 Å². The van der Waals surface area contributed by atoms with Gasteiger partial charge in [-0.3, -0.25) is 4.79 Å². The molecular weight excluding hydrogens is 275 g/mol. The number of hydrogen-bond acceptors (Lipinski definition) is 1. The van der Waals surface area contributed by atoms with E-state index in [-0.39, 0.29) is 5.92 Å². The van der Waals surface area contributed by atoms with Crippen molar-refractivity contribution >= 4 is 28.4 Å². The molecule has 1 nitrogen and oxygen atoms in total. The van der Waals surface area contributed by atoms with Crippen molar-refractivity contribution in [2.75, 3.05) is 0 Å². The monoisotopic (exact) mass is 284 g/mol. The second-order valence-corrected chi connectivity index (χ2v) is 5.06. The standard InChI is InChI=1S/C11H9IO/c12-9-3-1-2-7-6-4-8(11(7)9)10(13)5-6/h1-3,6,8H,4-5H2/t6-,8+/m0/s1. The molecule has 2 aliphatic rings. The second kappa shape index (κ2) is 2.56. The molecule has 0 spiro atoms. The zero-order valence-electron chi connectivity index (χ0n) is 7.09. The predicted octanol–water partition coefficient (Wildman–Crippen LogP) is 2.83. The Bertz CT molecular complexity index is 397. The molecule has 2 bridgehead atoms. The summed E-state index contributed by atoms with van der Waals surface area (Å²) in [7, 11) is 0. The Morgan fingerprint density at radius 1 is 1.38 bits per heavy atom. The van der Waals surface area contributed by atoms with Gasteiger partial charge in [-0.15, -0.1) is 0 Å². The Balaban J connectivity index is 2.27. The number of ketones is 1. The molecular formula is C11H9IO. The molecule has 0 amide bonds. The summed E-state index contributed by atoms with van der Waals surface area (Å²) in [5, 5.41) is 0. The van der Waals surface area contributed by atoms with E-state index >= 15 is 0 Å². The van der Waals surface area contributed by atoms with Crippen molar-refractivity contribution in [2.45, 2.75) is 24.7 Å². The van der Waals surface area contributed by atoms with Crippen molar-refractivity contribution in [1.82, 2.24) is 0 Å². The first-order valence-electron chi connectivity index (χ1n) is 4.58. The third-order valence-electron chi connectivity index (χ3n) is 3.23. The van der Waals surface area contributed by atoms with Gasteiger partial charge in [-0.05, 0) is 52.1 Å². The average Bonchev–Trinajstić information content (AvgIpc) is 2.62. The Hall–Kier alpha value is -0.380. The summed E-state index contributed by atoms with van der Waals surface area (Å²) in [4.78, 5) is 11.5. The van der Waals surface area contributed by atoms with Gasteiger partial charge < -0.3 is 0 Å². The molecule has 0 radical (unpaired) electrons. The van der Waals surface area contributed by atoms with Gasteiger partial charge in [0.2, 0.25) is 0 Å². The summed E-state index contributed by atoms with van der Waals surface area (Å²) >= 11 is 2.34. The lowest BCUT2D eigenvalue weighted by Crippen LogP contribution is -2.10. The Labute approximate surface area is 90.7 Å². The number of carbonyl (C=O) groups excluding carboxylic acids is 1. The third kappa shape index (κ3) is 0.951. The molecule has 0 unspecified atom stereocenters. The van der Waals surface area contributed by atoms with Crippen LogP contribution < -0.4 is 0 Å². The van der Waals surface area contributed by atoms with E-state index in [4.69, 9.17) is 0 Å². The smallest absolute Gasteiger partial charge is 0.141 e. The fourth-order valence-corrected chi connectivity index (χ4v) is 3.57. The highest BCUT2D eigenvalue weighted by Gasteiger charge is 2.43. The average molecular weight is 284 g/mol. The molecule has 2 aliphatic carbocycles. The number of carbonyl (C=O) groups is 1. The van der Waals surface area contributed by atoms with Gasteiger partial charge in [0.05, 0.1) is 0 Å². The van der Waals surface area contributed by atoms with Gasteiger partial charge in [-0.2, -0.15) is 0 Å². The SMILES string of the molecule is O=C1C[C@@H]2C[C@H]1c1c(I)cccc12. The summed E-state index contributed by atoms with van der Waals surface area (Å²) < 4.78 is 1.27. The molecule has 2 atom stereocenters. The third-order valence-corrected chi connectivity index (χ3v) is 4.17. The molecule has 1 aromatic carbocycles. The molecule has 1 saturated carbocycles. The molecule has 2 heteroatoms. The zero-order chi connectivity index (χ0) is 9.00. The normalized spacial score (nSPS) is 29.5. The maximum atomic E-state index is 11.5. The van der Waals surface area contributed by atoms with Crippen LogP contribution in [0.2, 0.25) is 0 Å².